The molecule has 0 radical (unpaired) electrons. The summed E-state index contributed by atoms with van der Waals surface area (Å²) in [4.78, 5) is 8.31. The zero-order chi connectivity index (χ0) is 22.2. The summed E-state index contributed by atoms with van der Waals surface area (Å²) in [6, 6.07) is 12.4. The molecule has 8 nitrogen and oxygen atoms in total. The van der Waals surface area contributed by atoms with Gasteiger partial charge in [0, 0.05) is 17.1 Å². The first-order chi connectivity index (χ1) is 14.6. The quantitative estimate of drug-likeness (QED) is 0.586. The highest BCUT2D eigenvalue weighted by atomic mass is 32.2. The lowest BCUT2D eigenvalue weighted by atomic mass is 10.1. The van der Waals surface area contributed by atoms with Crippen LogP contribution in [-0.4, -0.2) is 26.8 Å². The van der Waals surface area contributed by atoms with Crippen molar-refractivity contribution < 1.29 is 16.8 Å². The fourth-order valence-electron chi connectivity index (χ4n) is 3.58. The predicted molar refractivity (Wildman–Crippen MR) is 118 cm³/mol. The molecule has 10 heteroatoms. The highest BCUT2D eigenvalue weighted by molar-refractivity contribution is 7.93. The van der Waals surface area contributed by atoms with Crippen LogP contribution in [0.2, 0.25) is 0 Å². The van der Waals surface area contributed by atoms with Crippen LogP contribution in [-0.2, 0) is 32.9 Å². The molecule has 1 heterocycles. The normalized spacial score (nSPS) is 13.6. The molecule has 0 atom stereocenters. The number of hydrogen-bond donors (Lipinski definition) is 2. The van der Waals surface area contributed by atoms with E-state index < -0.39 is 20.0 Å². The van der Waals surface area contributed by atoms with Crippen LogP contribution in [0.15, 0.2) is 58.3 Å². The van der Waals surface area contributed by atoms with Gasteiger partial charge in [0.25, 0.3) is 20.0 Å². The Labute approximate surface area is 181 Å². The van der Waals surface area contributed by atoms with Gasteiger partial charge >= 0.3 is 0 Å². The highest BCUT2D eigenvalue weighted by Crippen LogP contribution is 2.26. The van der Waals surface area contributed by atoms with Crippen LogP contribution in [0.3, 0.4) is 0 Å². The lowest BCUT2D eigenvalue weighted by molar-refractivity contribution is 0.599. The number of fused-ring (bicyclic) bond motifs is 1. The maximum atomic E-state index is 12.7. The van der Waals surface area contributed by atoms with Gasteiger partial charge in [-0.2, -0.15) is 0 Å². The number of sulfonamides is 2. The van der Waals surface area contributed by atoms with Crippen molar-refractivity contribution in [2.45, 2.75) is 42.9 Å². The van der Waals surface area contributed by atoms with Crippen molar-refractivity contribution in [3.8, 4) is 0 Å². The SMILES string of the molecule is Cc1cc(C)nc(NS(=O)(=O)c2ccc(NS(=O)(=O)c3ccc4c(c3)CCC4)cc2)n1. The Morgan fingerprint density at radius 3 is 1.97 bits per heavy atom. The van der Waals surface area contributed by atoms with E-state index in [1.165, 1.54) is 29.8 Å². The van der Waals surface area contributed by atoms with Crippen LogP contribution >= 0.6 is 0 Å². The van der Waals surface area contributed by atoms with E-state index >= 15 is 0 Å². The van der Waals surface area contributed by atoms with Crippen molar-refractivity contribution in [3.63, 3.8) is 0 Å². The fraction of sp³-hybridized carbons (Fsp3) is 0.238. The van der Waals surface area contributed by atoms with Crippen LogP contribution in [0, 0.1) is 13.8 Å². The van der Waals surface area contributed by atoms with E-state index in [2.05, 4.69) is 19.4 Å². The average Bonchev–Trinajstić information content (AvgIpc) is 3.15. The lowest BCUT2D eigenvalue weighted by Gasteiger charge is -2.11. The molecule has 162 valence electrons. The van der Waals surface area contributed by atoms with Crippen molar-refractivity contribution in [1.29, 1.82) is 0 Å². The summed E-state index contributed by atoms with van der Waals surface area (Å²) < 4.78 is 55.5. The number of nitrogens with one attached hydrogen (secondary N) is 2. The molecule has 0 unspecified atom stereocenters. The van der Waals surface area contributed by atoms with Crippen LogP contribution in [0.1, 0.15) is 28.9 Å². The number of nitrogens with zero attached hydrogens (tertiary/aromatic N) is 2. The third-order valence-corrected chi connectivity index (χ3v) is 7.73. The lowest BCUT2D eigenvalue weighted by Crippen LogP contribution is -2.16. The maximum Gasteiger partial charge on any atom is 0.264 e. The van der Waals surface area contributed by atoms with E-state index in [9.17, 15) is 16.8 Å². The molecule has 2 N–H and O–H groups in total. The Morgan fingerprint density at radius 2 is 1.29 bits per heavy atom. The second kappa shape index (κ2) is 7.93. The van der Waals surface area contributed by atoms with E-state index in [1.807, 2.05) is 6.07 Å². The standard InChI is InChI=1S/C21H22N4O4S2/c1-14-12-15(2)23-21(22-14)25-30(26,27)19-10-7-18(8-11-19)24-31(28,29)20-9-6-16-4-3-5-17(16)13-20/h6-13,24H,3-5H2,1-2H3,(H,22,23,25). The van der Waals surface area contributed by atoms with Crippen LogP contribution in [0.4, 0.5) is 11.6 Å². The van der Waals surface area contributed by atoms with Gasteiger partial charge in [0.1, 0.15) is 0 Å². The molecule has 1 aromatic heterocycles. The summed E-state index contributed by atoms with van der Waals surface area (Å²) >= 11 is 0. The van der Waals surface area contributed by atoms with Crippen molar-refractivity contribution in [3.05, 3.63) is 71.0 Å². The van der Waals surface area contributed by atoms with Crippen molar-refractivity contribution in [1.82, 2.24) is 9.97 Å². The third kappa shape index (κ3) is 4.70. The monoisotopic (exact) mass is 458 g/mol. The molecule has 1 aliphatic carbocycles. The zero-order valence-electron chi connectivity index (χ0n) is 17.1. The first kappa shape index (κ1) is 21.3. The molecule has 0 amide bonds. The van der Waals surface area contributed by atoms with Gasteiger partial charge in [-0.05, 0) is 86.7 Å². The summed E-state index contributed by atoms with van der Waals surface area (Å²) in [6.07, 6.45) is 2.88. The number of aromatic nitrogens is 2. The van der Waals surface area contributed by atoms with Crippen molar-refractivity contribution in [2.75, 3.05) is 9.44 Å². The fourth-order valence-corrected chi connectivity index (χ4v) is 5.63. The molecule has 0 saturated carbocycles. The van der Waals surface area contributed by atoms with Crippen LogP contribution < -0.4 is 9.44 Å². The largest absolute Gasteiger partial charge is 0.280 e. The Kier molecular flexibility index (Phi) is 5.44. The molecule has 0 fully saturated rings. The van der Waals surface area contributed by atoms with Gasteiger partial charge in [0.15, 0.2) is 0 Å². The minimum absolute atomic E-state index is 0.0149. The maximum absolute atomic E-state index is 12.7. The smallest absolute Gasteiger partial charge is 0.264 e. The number of anilines is 2. The zero-order valence-corrected chi connectivity index (χ0v) is 18.7. The number of benzene rings is 2. The van der Waals surface area contributed by atoms with Gasteiger partial charge in [0.2, 0.25) is 5.95 Å². The Bertz CT molecular complexity index is 1330. The summed E-state index contributed by atoms with van der Waals surface area (Å²) in [5.41, 5.74) is 3.79. The molecule has 3 aromatic rings. The van der Waals surface area contributed by atoms with Gasteiger partial charge in [-0.1, -0.05) is 6.07 Å². The Balaban J connectivity index is 1.52. The van der Waals surface area contributed by atoms with Gasteiger partial charge in [-0.15, -0.1) is 0 Å². The molecule has 31 heavy (non-hydrogen) atoms. The van der Waals surface area contributed by atoms with Gasteiger partial charge in [-0.3, -0.25) is 4.72 Å². The molecular formula is C21H22N4O4S2. The minimum Gasteiger partial charge on any atom is -0.280 e. The van der Waals surface area contributed by atoms with Crippen molar-refractivity contribution in [2.24, 2.45) is 0 Å². The summed E-state index contributed by atoms with van der Waals surface area (Å²) in [7, 11) is -7.69. The molecule has 0 aliphatic heterocycles. The summed E-state index contributed by atoms with van der Waals surface area (Å²) in [5, 5.41) is 0. The minimum atomic E-state index is -3.92. The second-order valence-corrected chi connectivity index (χ2v) is 10.9. The van der Waals surface area contributed by atoms with E-state index in [0.717, 1.165) is 24.8 Å². The van der Waals surface area contributed by atoms with Crippen LogP contribution in [0.5, 0.6) is 0 Å². The van der Waals surface area contributed by atoms with Crippen LogP contribution in [0.25, 0.3) is 0 Å². The summed E-state index contributed by atoms with van der Waals surface area (Å²) in [5.74, 6) is -0.0149. The molecule has 1 aliphatic rings. The van der Waals surface area contributed by atoms with Gasteiger partial charge < -0.3 is 0 Å². The molecular weight excluding hydrogens is 436 g/mol. The predicted octanol–water partition coefficient (Wildman–Crippen LogP) is 3.18. The van der Waals surface area contributed by atoms with E-state index in [4.69, 9.17) is 0 Å². The van der Waals surface area contributed by atoms with E-state index in [1.54, 1.807) is 32.0 Å². The van der Waals surface area contributed by atoms with Gasteiger partial charge in [-0.25, -0.2) is 31.5 Å². The molecule has 2 aromatic carbocycles. The number of rotatable bonds is 6. The topological polar surface area (TPSA) is 118 Å². The molecule has 0 spiro atoms. The molecule has 0 bridgehead atoms. The molecule has 0 saturated heterocycles. The third-order valence-electron chi connectivity index (χ3n) is 5.01. The highest BCUT2D eigenvalue weighted by Gasteiger charge is 2.20. The Hall–Kier alpha value is -2.98. The number of aryl methyl sites for hydroxylation is 4. The second-order valence-electron chi connectivity index (χ2n) is 7.49. The van der Waals surface area contributed by atoms with Gasteiger partial charge in [0.05, 0.1) is 9.79 Å². The van der Waals surface area contributed by atoms with Crippen molar-refractivity contribution >= 4 is 31.7 Å². The first-order valence-corrected chi connectivity index (χ1v) is 12.7. The average molecular weight is 459 g/mol. The van der Waals surface area contributed by atoms with E-state index in [0.29, 0.717) is 11.4 Å². The summed E-state index contributed by atoms with van der Waals surface area (Å²) in [6.45, 7) is 3.49. The molecule has 4 rings (SSSR count). The number of hydrogen-bond acceptors (Lipinski definition) is 6. The Morgan fingerprint density at radius 1 is 0.710 bits per heavy atom. The first-order valence-electron chi connectivity index (χ1n) is 9.72. The van der Waals surface area contributed by atoms with E-state index in [-0.39, 0.29) is 21.4 Å².